The minimum Gasteiger partial charge on any atom is -0.449 e. The van der Waals surface area contributed by atoms with Gasteiger partial charge in [0.25, 0.3) is 5.91 Å². The van der Waals surface area contributed by atoms with Gasteiger partial charge in [-0.25, -0.2) is 9.18 Å². The summed E-state index contributed by atoms with van der Waals surface area (Å²) in [5.74, 6) is -2.14. The highest BCUT2D eigenvalue weighted by Gasteiger charge is 2.18. The molecule has 1 atom stereocenters. The Balaban J connectivity index is 2.88. The second-order valence-corrected chi connectivity index (χ2v) is 3.93. The molecular weight excluding hydrogens is 281 g/mol. The molecule has 16 heavy (non-hydrogen) atoms. The van der Waals surface area contributed by atoms with Crippen LogP contribution in [0, 0.1) is 5.82 Å². The van der Waals surface area contributed by atoms with Crippen LogP contribution >= 0.6 is 15.9 Å². The number of carbonyl (C=O) groups is 2. The number of nitrogens with two attached hydrogens (primary N) is 1. The highest BCUT2D eigenvalue weighted by Crippen LogP contribution is 2.19. The van der Waals surface area contributed by atoms with Crippen LogP contribution in [0.25, 0.3) is 0 Å². The second-order valence-electron chi connectivity index (χ2n) is 3.07. The maximum absolute atomic E-state index is 12.9. The predicted octanol–water partition coefficient (Wildman–Crippen LogP) is 1.62. The Kier molecular flexibility index (Phi) is 4.00. The van der Waals surface area contributed by atoms with Gasteiger partial charge in [-0.05, 0) is 41.1 Å². The number of primary amides is 1. The number of halogens is 2. The van der Waals surface area contributed by atoms with E-state index >= 15 is 0 Å². The van der Waals surface area contributed by atoms with Crippen LogP contribution in [0.5, 0.6) is 0 Å². The van der Waals surface area contributed by atoms with Crippen molar-refractivity contribution in [3.8, 4) is 0 Å². The van der Waals surface area contributed by atoms with Gasteiger partial charge in [0.2, 0.25) is 0 Å². The van der Waals surface area contributed by atoms with E-state index in [0.29, 0.717) is 4.47 Å². The van der Waals surface area contributed by atoms with E-state index in [1.54, 1.807) is 0 Å². The first-order chi connectivity index (χ1) is 7.41. The number of benzene rings is 1. The Labute approximate surface area is 99.7 Å². The molecule has 86 valence electrons. The number of hydrogen-bond donors (Lipinski definition) is 1. The summed E-state index contributed by atoms with van der Waals surface area (Å²) in [4.78, 5) is 22.2. The van der Waals surface area contributed by atoms with E-state index in [2.05, 4.69) is 15.9 Å². The van der Waals surface area contributed by atoms with Gasteiger partial charge in [-0.1, -0.05) is 0 Å². The molecule has 0 aliphatic heterocycles. The molecule has 0 aliphatic carbocycles. The zero-order chi connectivity index (χ0) is 12.3. The maximum Gasteiger partial charge on any atom is 0.340 e. The van der Waals surface area contributed by atoms with Crippen molar-refractivity contribution in [2.24, 2.45) is 5.73 Å². The van der Waals surface area contributed by atoms with Gasteiger partial charge >= 0.3 is 5.97 Å². The predicted molar refractivity (Wildman–Crippen MR) is 58.2 cm³/mol. The highest BCUT2D eigenvalue weighted by atomic mass is 79.9. The van der Waals surface area contributed by atoms with Crippen LogP contribution in [0.4, 0.5) is 4.39 Å². The molecule has 0 aliphatic rings. The van der Waals surface area contributed by atoms with Crippen molar-refractivity contribution in [2.75, 3.05) is 0 Å². The molecule has 1 aromatic rings. The molecular formula is C10H9BrFNO3. The Bertz CT molecular complexity index is 436. The molecule has 1 rings (SSSR count). The fraction of sp³-hybridized carbons (Fsp3) is 0.200. The first kappa shape index (κ1) is 12.6. The van der Waals surface area contributed by atoms with E-state index in [-0.39, 0.29) is 5.56 Å². The van der Waals surface area contributed by atoms with Crippen molar-refractivity contribution < 1.29 is 18.7 Å². The second kappa shape index (κ2) is 5.07. The maximum atomic E-state index is 12.9. The molecule has 0 bridgehead atoms. The molecule has 0 saturated carbocycles. The number of esters is 1. The SMILES string of the molecule is C[C@@H](OC(=O)c1cc(F)ccc1Br)C(N)=O. The third-order valence-electron chi connectivity index (χ3n) is 1.83. The quantitative estimate of drug-likeness (QED) is 0.860. The summed E-state index contributed by atoms with van der Waals surface area (Å²) in [6, 6.07) is 3.58. The lowest BCUT2D eigenvalue weighted by atomic mass is 10.2. The Morgan fingerprint density at radius 3 is 2.69 bits per heavy atom. The lowest BCUT2D eigenvalue weighted by molar-refractivity contribution is -0.125. The topological polar surface area (TPSA) is 69.4 Å². The van der Waals surface area contributed by atoms with Gasteiger partial charge in [-0.3, -0.25) is 4.79 Å². The van der Waals surface area contributed by atoms with Gasteiger partial charge in [-0.15, -0.1) is 0 Å². The zero-order valence-electron chi connectivity index (χ0n) is 8.37. The van der Waals surface area contributed by atoms with Crippen LogP contribution in [0.15, 0.2) is 22.7 Å². The summed E-state index contributed by atoms with van der Waals surface area (Å²) in [5.41, 5.74) is 4.94. The van der Waals surface area contributed by atoms with Crippen molar-refractivity contribution in [1.82, 2.24) is 0 Å². The molecule has 1 aromatic carbocycles. The third-order valence-corrected chi connectivity index (χ3v) is 2.52. The lowest BCUT2D eigenvalue weighted by Crippen LogP contribution is -2.30. The van der Waals surface area contributed by atoms with Crippen LogP contribution in [-0.2, 0) is 9.53 Å². The third kappa shape index (κ3) is 3.03. The number of rotatable bonds is 3. The van der Waals surface area contributed by atoms with E-state index in [1.807, 2.05) is 0 Å². The molecule has 4 nitrogen and oxygen atoms in total. The van der Waals surface area contributed by atoms with E-state index in [0.717, 1.165) is 6.07 Å². The number of amides is 1. The van der Waals surface area contributed by atoms with E-state index in [4.69, 9.17) is 10.5 Å². The van der Waals surface area contributed by atoms with Crippen LogP contribution in [0.1, 0.15) is 17.3 Å². The smallest absolute Gasteiger partial charge is 0.340 e. The molecule has 0 fully saturated rings. The van der Waals surface area contributed by atoms with Gasteiger partial charge in [0, 0.05) is 4.47 Å². The van der Waals surface area contributed by atoms with Gasteiger partial charge in [0.1, 0.15) is 5.82 Å². The molecule has 0 spiro atoms. The highest BCUT2D eigenvalue weighted by molar-refractivity contribution is 9.10. The number of ether oxygens (including phenoxy) is 1. The van der Waals surface area contributed by atoms with Gasteiger partial charge < -0.3 is 10.5 Å². The summed E-state index contributed by atoms with van der Waals surface area (Å²) in [6.07, 6.45) is -1.05. The molecule has 2 N–H and O–H groups in total. The molecule has 0 heterocycles. The molecule has 0 unspecified atom stereocenters. The average molecular weight is 290 g/mol. The van der Waals surface area contributed by atoms with Gasteiger partial charge in [0.05, 0.1) is 5.56 Å². The molecule has 0 radical (unpaired) electrons. The minimum atomic E-state index is -1.05. The van der Waals surface area contributed by atoms with Crippen LogP contribution in [0.3, 0.4) is 0 Å². The fourth-order valence-electron chi connectivity index (χ4n) is 0.936. The first-order valence-corrected chi connectivity index (χ1v) is 5.16. The van der Waals surface area contributed by atoms with E-state index in [9.17, 15) is 14.0 Å². The van der Waals surface area contributed by atoms with Crippen molar-refractivity contribution >= 4 is 27.8 Å². The van der Waals surface area contributed by atoms with Crippen LogP contribution in [0.2, 0.25) is 0 Å². The Morgan fingerprint density at radius 2 is 2.12 bits per heavy atom. The summed E-state index contributed by atoms with van der Waals surface area (Å²) in [5, 5.41) is 0. The van der Waals surface area contributed by atoms with Gasteiger partial charge in [-0.2, -0.15) is 0 Å². The average Bonchev–Trinajstić information content (AvgIpc) is 2.21. The summed E-state index contributed by atoms with van der Waals surface area (Å²) in [6.45, 7) is 1.34. The molecule has 0 saturated heterocycles. The van der Waals surface area contributed by atoms with Crippen molar-refractivity contribution in [1.29, 1.82) is 0 Å². The van der Waals surface area contributed by atoms with Crippen molar-refractivity contribution in [3.05, 3.63) is 34.1 Å². The Morgan fingerprint density at radius 1 is 1.50 bits per heavy atom. The van der Waals surface area contributed by atoms with Gasteiger partial charge in [0.15, 0.2) is 6.10 Å². The van der Waals surface area contributed by atoms with E-state index < -0.39 is 23.8 Å². The van der Waals surface area contributed by atoms with Crippen molar-refractivity contribution in [3.63, 3.8) is 0 Å². The molecule has 0 aromatic heterocycles. The zero-order valence-corrected chi connectivity index (χ0v) is 9.95. The molecule has 1 amide bonds. The van der Waals surface area contributed by atoms with Crippen LogP contribution < -0.4 is 5.73 Å². The number of hydrogen-bond acceptors (Lipinski definition) is 3. The van der Waals surface area contributed by atoms with Crippen LogP contribution in [-0.4, -0.2) is 18.0 Å². The largest absolute Gasteiger partial charge is 0.449 e. The standard InChI is InChI=1S/C10H9BrFNO3/c1-5(9(13)14)16-10(15)7-4-6(12)2-3-8(7)11/h2-5H,1H3,(H2,13,14)/t5-/m1/s1. The monoisotopic (exact) mass is 289 g/mol. The van der Waals surface area contributed by atoms with E-state index in [1.165, 1.54) is 19.1 Å². The minimum absolute atomic E-state index is 0.00750. The number of carbonyl (C=O) groups excluding carboxylic acids is 2. The summed E-state index contributed by atoms with van der Waals surface area (Å²) < 4.78 is 18.0. The fourth-order valence-corrected chi connectivity index (χ4v) is 1.34. The van der Waals surface area contributed by atoms with Crippen molar-refractivity contribution in [2.45, 2.75) is 13.0 Å². The summed E-state index contributed by atoms with van der Waals surface area (Å²) >= 11 is 3.07. The Hall–Kier alpha value is -1.43. The normalized spacial score (nSPS) is 11.9. The lowest BCUT2D eigenvalue weighted by Gasteiger charge is -2.10. The molecule has 6 heteroatoms. The summed E-state index contributed by atoms with van der Waals surface area (Å²) in [7, 11) is 0. The first-order valence-electron chi connectivity index (χ1n) is 4.37.